The molecular formula is C25H22N2O4S. The molecule has 2 aromatic heterocycles. The largest absolute Gasteiger partial charge is 0.493 e. The van der Waals surface area contributed by atoms with Gasteiger partial charge >= 0.3 is 5.69 Å². The van der Waals surface area contributed by atoms with Gasteiger partial charge in [0.2, 0.25) is 0 Å². The van der Waals surface area contributed by atoms with Crippen LogP contribution in [0.4, 0.5) is 0 Å². The molecule has 0 aliphatic rings. The molecular weight excluding hydrogens is 424 g/mol. The molecule has 0 spiro atoms. The van der Waals surface area contributed by atoms with E-state index in [1.807, 2.05) is 25.1 Å². The van der Waals surface area contributed by atoms with Crippen molar-refractivity contribution in [3.8, 4) is 27.8 Å². The van der Waals surface area contributed by atoms with Crippen LogP contribution in [0.15, 0.2) is 71.7 Å². The smallest absolute Gasteiger partial charge is 0.330 e. The van der Waals surface area contributed by atoms with Crippen LogP contribution in [-0.2, 0) is 0 Å². The molecule has 4 aromatic rings. The van der Waals surface area contributed by atoms with Crippen molar-refractivity contribution in [1.29, 1.82) is 0 Å². The molecule has 0 unspecified atom stereocenters. The summed E-state index contributed by atoms with van der Waals surface area (Å²) in [5.41, 5.74) is 2.41. The van der Waals surface area contributed by atoms with Gasteiger partial charge in [0.25, 0.3) is 0 Å². The van der Waals surface area contributed by atoms with E-state index in [2.05, 4.69) is 4.98 Å². The molecule has 0 fully saturated rings. The summed E-state index contributed by atoms with van der Waals surface area (Å²) in [4.78, 5) is 30.3. The predicted molar refractivity (Wildman–Crippen MR) is 127 cm³/mol. The third-order valence-corrected chi connectivity index (χ3v) is 6.00. The van der Waals surface area contributed by atoms with E-state index in [9.17, 15) is 9.59 Å². The van der Waals surface area contributed by atoms with Crippen molar-refractivity contribution in [2.24, 2.45) is 0 Å². The number of aryl methyl sites for hydroxylation is 1. The number of nitrogens with zero attached hydrogens (tertiary/aromatic N) is 1. The van der Waals surface area contributed by atoms with Crippen LogP contribution in [0.2, 0.25) is 0 Å². The van der Waals surface area contributed by atoms with E-state index in [0.29, 0.717) is 22.7 Å². The van der Waals surface area contributed by atoms with Gasteiger partial charge in [-0.25, -0.2) is 4.79 Å². The number of methoxy groups -OCH3 is 2. The van der Waals surface area contributed by atoms with E-state index in [1.54, 1.807) is 74.2 Å². The minimum Gasteiger partial charge on any atom is -0.493 e. The molecule has 0 atom stereocenters. The van der Waals surface area contributed by atoms with Crippen LogP contribution in [0.5, 0.6) is 11.5 Å². The van der Waals surface area contributed by atoms with Gasteiger partial charge < -0.3 is 14.5 Å². The van der Waals surface area contributed by atoms with Crippen molar-refractivity contribution in [3.63, 3.8) is 0 Å². The number of thiophene rings is 1. The number of hydrogen-bond acceptors (Lipinski definition) is 5. The number of nitrogens with one attached hydrogen (secondary N) is 1. The van der Waals surface area contributed by atoms with E-state index >= 15 is 0 Å². The summed E-state index contributed by atoms with van der Waals surface area (Å²) in [5.74, 6) is 1.05. The number of ketones is 1. The lowest BCUT2D eigenvalue weighted by Crippen LogP contribution is -2.14. The van der Waals surface area contributed by atoms with Gasteiger partial charge in [-0.15, -0.1) is 11.3 Å². The van der Waals surface area contributed by atoms with Gasteiger partial charge in [0, 0.05) is 16.6 Å². The van der Waals surface area contributed by atoms with Crippen LogP contribution in [0, 0.1) is 6.92 Å². The molecule has 4 rings (SSSR count). The minimum atomic E-state index is -0.253. The summed E-state index contributed by atoms with van der Waals surface area (Å²) >= 11 is 1.61. The molecule has 1 N–H and O–H groups in total. The SMILES string of the molecule is COc1ccc(/C=C/C(=O)c2cccc(-n3cc(-c4ccc(C)s4)[nH]c3=O)c2)cc1OC. The quantitative estimate of drug-likeness (QED) is 0.316. The van der Waals surface area contributed by atoms with Gasteiger partial charge in [-0.1, -0.05) is 24.3 Å². The Kier molecular flexibility index (Phi) is 6.09. The number of carbonyl (C=O) groups excluding carboxylic acids is 1. The standard InChI is InChI=1S/C25H22N2O4S/c1-16-7-12-24(32-16)20-15-27(25(29)26-20)19-6-4-5-18(14-19)21(28)10-8-17-9-11-22(30-2)23(13-17)31-3/h4-15H,1-3H3,(H,26,29)/b10-8+. The first-order valence-electron chi connectivity index (χ1n) is 9.92. The number of aromatic nitrogens is 2. The number of rotatable bonds is 7. The summed E-state index contributed by atoms with van der Waals surface area (Å²) in [6, 6.07) is 16.4. The number of allylic oxidation sites excluding steroid dienone is 1. The normalized spacial score (nSPS) is 11.1. The van der Waals surface area contributed by atoms with Gasteiger partial charge in [0.15, 0.2) is 17.3 Å². The Balaban J connectivity index is 1.58. The Morgan fingerprint density at radius 3 is 2.56 bits per heavy atom. The zero-order chi connectivity index (χ0) is 22.7. The molecule has 0 amide bonds. The molecule has 0 radical (unpaired) electrons. The van der Waals surface area contributed by atoms with E-state index in [1.165, 1.54) is 15.5 Å². The lowest BCUT2D eigenvalue weighted by molar-refractivity contribution is 0.104. The zero-order valence-corrected chi connectivity index (χ0v) is 18.7. The first-order valence-corrected chi connectivity index (χ1v) is 10.7. The fourth-order valence-corrected chi connectivity index (χ4v) is 4.16. The Labute approximate surface area is 189 Å². The van der Waals surface area contributed by atoms with E-state index < -0.39 is 0 Å². The van der Waals surface area contributed by atoms with Crippen LogP contribution < -0.4 is 15.2 Å². The highest BCUT2D eigenvalue weighted by Gasteiger charge is 2.11. The van der Waals surface area contributed by atoms with Crippen LogP contribution in [0.3, 0.4) is 0 Å². The number of ether oxygens (including phenoxy) is 2. The predicted octanol–water partition coefficient (Wildman–Crippen LogP) is 5.12. The summed E-state index contributed by atoms with van der Waals surface area (Å²) in [5, 5.41) is 0. The number of H-pyrrole nitrogens is 1. The average Bonchev–Trinajstić information content (AvgIpc) is 3.42. The van der Waals surface area contributed by atoms with E-state index in [4.69, 9.17) is 9.47 Å². The highest BCUT2D eigenvalue weighted by Crippen LogP contribution is 2.28. The van der Waals surface area contributed by atoms with Crippen molar-refractivity contribution < 1.29 is 14.3 Å². The minimum absolute atomic E-state index is 0.167. The van der Waals surface area contributed by atoms with E-state index in [-0.39, 0.29) is 11.5 Å². The second-order valence-corrected chi connectivity index (χ2v) is 8.40. The lowest BCUT2D eigenvalue weighted by atomic mass is 10.1. The van der Waals surface area contributed by atoms with Crippen molar-refractivity contribution in [1.82, 2.24) is 9.55 Å². The molecule has 7 heteroatoms. The van der Waals surface area contributed by atoms with Crippen LogP contribution in [0.25, 0.3) is 22.3 Å². The Bertz CT molecular complexity index is 1360. The molecule has 0 saturated carbocycles. The van der Waals surface area contributed by atoms with Gasteiger partial charge in [0.1, 0.15) is 0 Å². The fourth-order valence-electron chi connectivity index (χ4n) is 3.33. The van der Waals surface area contributed by atoms with Crippen LogP contribution in [-0.4, -0.2) is 29.6 Å². The monoisotopic (exact) mass is 446 g/mol. The van der Waals surface area contributed by atoms with E-state index in [0.717, 1.165) is 16.1 Å². The Morgan fingerprint density at radius 2 is 1.84 bits per heavy atom. The molecule has 32 heavy (non-hydrogen) atoms. The number of imidazole rings is 1. The molecule has 0 aliphatic carbocycles. The number of benzene rings is 2. The first kappa shape index (κ1) is 21.4. The Morgan fingerprint density at radius 1 is 1.03 bits per heavy atom. The van der Waals surface area contributed by atoms with Crippen LogP contribution in [0.1, 0.15) is 20.8 Å². The molecule has 162 valence electrons. The molecule has 6 nitrogen and oxygen atoms in total. The zero-order valence-electron chi connectivity index (χ0n) is 17.9. The summed E-state index contributed by atoms with van der Waals surface area (Å²) in [7, 11) is 3.14. The fraction of sp³-hybridized carbons (Fsp3) is 0.120. The molecule has 2 aromatic carbocycles. The van der Waals surface area contributed by atoms with Crippen molar-refractivity contribution in [3.05, 3.63) is 93.4 Å². The van der Waals surface area contributed by atoms with Gasteiger partial charge in [-0.3, -0.25) is 9.36 Å². The molecule has 0 aliphatic heterocycles. The number of carbonyl (C=O) groups is 1. The third kappa shape index (κ3) is 4.43. The second-order valence-electron chi connectivity index (χ2n) is 7.12. The topological polar surface area (TPSA) is 73.3 Å². The first-order chi connectivity index (χ1) is 15.5. The lowest BCUT2D eigenvalue weighted by Gasteiger charge is -2.07. The third-order valence-electron chi connectivity index (χ3n) is 4.97. The highest BCUT2D eigenvalue weighted by molar-refractivity contribution is 7.15. The van der Waals surface area contributed by atoms with Gasteiger partial charge in [-0.05, 0) is 55.0 Å². The van der Waals surface area contributed by atoms with Crippen molar-refractivity contribution in [2.75, 3.05) is 14.2 Å². The Hall–Kier alpha value is -3.84. The molecule has 0 bridgehead atoms. The van der Waals surface area contributed by atoms with Crippen molar-refractivity contribution >= 4 is 23.2 Å². The number of aromatic amines is 1. The maximum absolute atomic E-state index is 12.8. The average molecular weight is 447 g/mol. The summed E-state index contributed by atoms with van der Waals surface area (Å²) in [6.45, 7) is 2.02. The second kappa shape index (κ2) is 9.11. The van der Waals surface area contributed by atoms with Gasteiger partial charge in [0.05, 0.1) is 30.5 Å². The summed E-state index contributed by atoms with van der Waals surface area (Å²) < 4.78 is 12.1. The number of hydrogen-bond donors (Lipinski definition) is 1. The van der Waals surface area contributed by atoms with Gasteiger partial charge in [-0.2, -0.15) is 0 Å². The molecule has 2 heterocycles. The summed E-state index contributed by atoms with van der Waals surface area (Å²) in [6.07, 6.45) is 4.98. The maximum atomic E-state index is 12.8. The molecule has 0 saturated heterocycles. The van der Waals surface area contributed by atoms with Crippen LogP contribution >= 0.6 is 11.3 Å². The van der Waals surface area contributed by atoms with Crippen molar-refractivity contribution in [2.45, 2.75) is 6.92 Å². The highest BCUT2D eigenvalue weighted by atomic mass is 32.1. The maximum Gasteiger partial charge on any atom is 0.330 e.